The minimum Gasteiger partial charge on any atom is -0.497 e. The van der Waals surface area contributed by atoms with Gasteiger partial charge >= 0.3 is 16.2 Å². The molecule has 0 unspecified atom stereocenters. The van der Waals surface area contributed by atoms with Crippen molar-refractivity contribution in [3.8, 4) is 5.75 Å². The van der Waals surface area contributed by atoms with Crippen molar-refractivity contribution in [2.45, 2.75) is 19.8 Å². The normalized spacial score (nSPS) is 13.1. The molecule has 0 heterocycles. The minimum absolute atomic E-state index is 0.123. The van der Waals surface area contributed by atoms with Gasteiger partial charge < -0.3 is 9.47 Å². The summed E-state index contributed by atoms with van der Waals surface area (Å²) in [5, 5.41) is 0. The van der Waals surface area contributed by atoms with Crippen LogP contribution in [0.15, 0.2) is 60.3 Å². The van der Waals surface area contributed by atoms with E-state index in [9.17, 15) is 13.2 Å². The van der Waals surface area contributed by atoms with E-state index in [2.05, 4.69) is 4.72 Å². The van der Waals surface area contributed by atoms with Gasteiger partial charge in [-0.1, -0.05) is 42.0 Å². The first-order valence-electron chi connectivity index (χ1n) is 9.47. The molecule has 0 aliphatic rings. The van der Waals surface area contributed by atoms with Gasteiger partial charge in [0, 0.05) is 20.0 Å². The van der Waals surface area contributed by atoms with E-state index in [0.717, 1.165) is 21.0 Å². The molecule has 0 aliphatic carbocycles. The smallest absolute Gasteiger partial charge is 0.355 e. The fraction of sp³-hybridized carbons (Fsp3) is 0.318. The third kappa shape index (κ3) is 6.08. The first-order chi connectivity index (χ1) is 14.2. The number of nitrogens with one attached hydrogen (secondary N) is 1. The van der Waals surface area contributed by atoms with E-state index >= 15 is 0 Å². The lowest BCUT2D eigenvalue weighted by molar-refractivity contribution is -0.138. The van der Waals surface area contributed by atoms with Crippen molar-refractivity contribution in [3.63, 3.8) is 0 Å². The second-order valence-corrected chi connectivity index (χ2v) is 8.74. The van der Waals surface area contributed by atoms with Crippen LogP contribution >= 0.6 is 0 Å². The van der Waals surface area contributed by atoms with E-state index in [1.54, 1.807) is 20.1 Å². The van der Waals surface area contributed by atoms with Crippen molar-refractivity contribution < 1.29 is 22.7 Å². The molecule has 0 saturated carbocycles. The Bertz CT molecular complexity index is 981. The SMILES string of the molecule is CCOC(=O)/C(=C/[C@@H](c1ccc(C)cc1)c1ccc(OC)cc1)NS(=O)(=O)N(C)C. The Morgan fingerprint density at radius 2 is 1.60 bits per heavy atom. The van der Waals surface area contributed by atoms with Gasteiger partial charge in [0.15, 0.2) is 0 Å². The Kier molecular flexibility index (Phi) is 8.02. The summed E-state index contributed by atoms with van der Waals surface area (Å²) in [4.78, 5) is 12.5. The van der Waals surface area contributed by atoms with Crippen LogP contribution in [0.1, 0.15) is 29.5 Å². The molecule has 7 nitrogen and oxygen atoms in total. The van der Waals surface area contributed by atoms with Gasteiger partial charge in [0.1, 0.15) is 11.4 Å². The number of benzene rings is 2. The molecule has 1 atom stereocenters. The Hall–Kier alpha value is -2.84. The fourth-order valence-electron chi connectivity index (χ4n) is 2.72. The predicted molar refractivity (Wildman–Crippen MR) is 116 cm³/mol. The lowest BCUT2D eigenvalue weighted by Crippen LogP contribution is -2.37. The summed E-state index contributed by atoms with van der Waals surface area (Å²) in [5.41, 5.74) is 2.71. The number of hydrogen-bond acceptors (Lipinski definition) is 5. The Morgan fingerprint density at radius 3 is 2.07 bits per heavy atom. The molecular weight excluding hydrogens is 404 g/mol. The molecule has 30 heavy (non-hydrogen) atoms. The maximum absolute atomic E-state index is 12.5. The molecule has 0 saturated heterocycles. The van der Waals surface area contributed by atoms with Gasteiger partial charge in [0.2, 0.25) is 0 Å². The van der Waals surface area contributed by atoms with Crippen LogP contribution in [0.5, 0.6) is 5.75 Å². The Balaban J connectivity index is 2.60. The molecular formula is C22H28N2O5S. The van der Waals surface area contributed by atoms with E-state index in [4.69, 9.17) is 9.47 Å². The molecule has 0 fully saturated rings. The van der Waals surface area contributed by atoms with Crippen LogP contribution in [0.4, 0.5) is 0 Å². The van der Waals surface area contributed by atoms with Crippen LogP contribution in [0.25, 0.3) is 0 Å². The highest BCUT2D eigenvalue weighted by Crippen LogP contribution is 2.29. The molecule has 0 radical (unpaired) electrons. The third-order valence-electron chi connectivity index (χ3n) is 4.46. The van der Waals surface area contributed by atoms with Gasteiger partial charge in [-0.25, -0.2) is 4.79 Å². The first kappa shape index (κ1) is 23.4. The Morgan fingerprint density at radius 1 is 1.07 bits per heavy atom. The number of rotatable bonds is 9. The largest absolute Gasteiger partial charge is 0.497 e. The van der Waals surface area contributed by atoms with Crippen LogP contribution in [0.2, 0.25) is 0 Å². The molecule has 2 rings (SSSR count). The van der Waals surface area contributed by atoms with Crippen molar-refractivity contribution in [2.24, 2.45) is 0 Å². The minimum atomic E-state index is -3.89. The molecule has 2 aromatic rings. The zero-order valence-corrected chi connectivity index (χ0v) is 18.7. The summed E-state index contributed by atoms with van der Waals surface area (Å²) in [5.74, 6) is -0.432. The molecule has 0 aromatic heterocycles. The first-order valence-corrected chi connectivity index (χ1v) is 10.9. The van der Waals surface area contributed by atoms with Gasteiger partial charge in [-0.2, -0.15) is 12.7 Å². The molecule has 1 N–H and O–H groups in total. The average Bonchev–Trinajstić information content (AvgIpc) is 2.72. The topological polar surface area (TPSA) is 84.9 Å². The number of allylic oxidation sites excluding steroid dienone is 1. The monoisotopic (exact) mass is 432 g/mol. The van der Waals surface area contributed by atoms with E-state index in [1.165, 1.54) is 14.1 Å². The number of nitrogens with zero attached hydrogens (tertiary/aromatic N) is 1. The second-order valence-electron chi connectivity index (χ2n) is 6.85. The molecule has 0 aliphatic heterocycles. The van der Waals surface area contributed by atoms with E-state index < -0.39 is 16.2 Å². The highest BCUT2D eigenvalue weighted by Gasteiger charge is 2.23. The lowest BCUT2D eigenvalue weighted by Gasteiger charge is -2.19. The van der Waals surface area contributed by atoms with Gasteiger partial charge in [-0.15, -0.1) is 0 Å². The third-order valence-corrected chi connectivity index (χ3v) is 5.90. The molecule has 0 spiro atoms. The van der Waals surface area contributed by atoms with Gasteiger partial charge in [0.25, 0.3) is 0 Å². The van der Waals surface area contributed by atoms with E-state index in [-0.39, 0.29) is 18.2 Å². The van der Waals surface area contributed by atoms with Crippen molar-refractivity contribution in [3.05, 3.63) is 77.0 Å². The second kappa shape index (κ2) is 10.3. The summed E-state index contributed by atoms with van der Waals surface area (Å²) in [6, 6.07) is 15.2. The van der Waals surface area contributed by atoms with Crippen molar-refractivity contribution in [1.82, 2.24) is 9.03 Å². The van der Waals surface area contributed by atoms with Crippen molar-refractivity contribution in [2.75, 3.05) is 27.8 Å². The summed E-state index contributed by atoms with van der Waals surface area (Å²) in [6.07, 6.45) is 1.57. The Labute approximate surface area is 178 Å². The number of esters is 1. The maximum Gasteiger partial charge on any atom is 0.355 e. The lowest BCUT2D eigenvalue weighted by atomic mass is 9.90. The number of ether oxygens (including phenoxy) is 2. The standard InChI is InChI=1S/C22H28N2O5S/c1-6-29-22(25)21(23-30(26,27)24(3)4)15-20(17-9-7-16(2)8-10-17)18-11-13-19(28-5)14-12-18/h7-15,20,23H,6H2,1-5H3/b21-15-/t20-/m0/s1. The van der Waals surface area contributed by atoms with Gasteiger partial charge in [-0.3, -0.25) is 4.72 Å². The summed E-state index contributed by atoms with van der Waals surface area (Å²) >= 11 is 0. The zero-order valence-electron chi connectivity index (χ0n) is 17.9. The van der Waals surface area contributed by atoms with Crippen LogP contribution < -0.4 is 9.46 Å². The highest BCUT2D eigenvalue weighted by molar-refractivity contribution is 7.87. The number of methoxy groups -OCH3 is 1. The van der Waals surface area contributed by atoms with Gasteiger partial charge in [0.05, 0.1) is 13.7 Å². The van der Waals surface area contributed by atoms with E-state index in [0.29, 0.717) is 5.75 Å². The quantitative estimate of drug-likeness (QED) is 0.486. The van der Waals surface area contributed by atoms with Crippen LogP contribution in [-0.4, -0.2) is 46.5 Å². The number of carbonyl (C=O) groups is 1. The summed E-state index contributed by atoms with van der Waals surface area (Å²) in [7, 11) is 0.453. The van der Waals surface area contributed by atoms with Crippen LogP contribution in [0, 0.1) is 6.92 Å². The number of hydrogen-bond donors (Lipinski definition) is 1. The molecule has 8 heteroatoms. The fourth-order valence-corrected chi connectivity index (χ4v) is 3.33. The molecule has 2 aromatic carbocycles. The predicted octanol–water partition coefficient (Wildman–Crippen LogP) is 2.98. The van der Waals surface area contributed by atoms with Crippen molar-refractivity contribution in [1.29, 1.82) is 0 Å². The molecule has 0 amide bonds. The number of aryl methyl sites for hydroxylation is 1. The van der Waals surface area contributed by atoms with E-state index in [1.807, 2.05) is 55.5 Å². The van der Waals surface area contributed by atoms with Crippen LogP contribution in [0.3, 0.4) is 0 Å². The maximum atomic E-state index is 12.5. The molecule has 0 bridgehead atoms. The molecule has 162 valence electrons. The zero-order chi connectivity index (χ0) is 22.3. The summed E-state index contributed by atoms with van der Waals surface area (Å²) < 4.78 is 38.4. The summed E-state index contributed by atoms with van der Waals surface area (Å²) in [6.45, 7) is 3.77. The number of carbonyl (C=O) groups excluding carboxylic acids is 1. The highest BCUT2D eigenvalue weighted by atomic mass is 32.2. The van der Waals surface area contributed by atoms with Crippen molar-refractivity contribution >= 4 is 16.2 Å². The van der Waals surface area contributed by atoms with Gasteiger partial charge in [-0.05, 0) is 43.2 Å². The average molecular weight is 433 g/mol. The van der Waals surface area contributed by atoms with Crippen LogP contribution in [-0.2, 0) is 19.7 Å².